The summed E-state index contributed by atoms with van der Waals surface area (Å²) in [7, 11) is 0. The highest BCUT2D eigenvalue weighted by Gasteiger charge is 2.16. The van der Waals surface area contributed by atoms with E-state index in [1.807, 2.05) is 68.4 Å². The third kappa shape index (κ3) is 4.06. The summed E-state index contributed by atoms with van der Waals surface area (Å²) in [6.07, 6.45) is 1.79. The van der Waals surface area contributed by atoms with Gasteiger partial charge in [-0.2, -0.15) is 0 Å². The second-order valence-electron chi connectivity index (χ2n) is 5.58. The largest absolute Gasteiger partial charge is 0.333 e. The van der Waals surface area contributed by atoms with Gasteiger partial charge in [0.05, 0.1) is 17.1 Å². The van der Waals surface area contributed by atoms with E-state index in [0.717, 1.165) is 22.1 Å². The number of aromatic nitrogens is 2. The van der Waals surface area contributed by atoms with E-state index in [-0.39, 0.29) is 11.2 Å². The average Bonchev–Trinajstić information content (AvgIpc) is 3.06. The average molecular weight is 337 g/mol. The number of imidazole rings is 1. The van der Waals surface area contributed by atoms with Crippen molar-refractivity contribution in [1.29, 1.82) is 0 Å². The summed E-state index contributed by atoms with van der Waals surface area (Å²) in [6, 6.07) is 17.8. The van der Waals surface area contributed by atoms with Gasteiger partial charge in [-0.25, -0.2) is 4.98 Å². The normalized spacial score (nSPS) is 11.9. The molecule has 0 fully saturated rings. The van der Waals surface area contributed by atoms with Gasteiger partial charge < -0.3 is 10.3 Å². The predicted octanol–water partition coefficient (Wildman–Crippen LogP) is 4.50. The number of aryl methyl sites for hydroxylation is 1. The molecular weight excluding hydrogens is 318 g/mol. The number of rotatable bonds is 5. The Kier molecular flexibility index (Phi) is 5.01. The van der Waals surface area contributed by atoms with Crippen LogP contribution in [0.1, 0.15) is 12.5 Å². The second kappa shape index (κ2) is 7.36. The Balaban J connectivity index is 1.62. The van der Waals surface area contributed by atoms with Gasteiger partial charge in [0, 0.05) is 5.69 Å². The molecule has 1 atom stereocenters. The highest BCUT2D eigenvalue weighted by molar-refractivity contribution is 8.00. The molecule has 0 aliphatic heterocycles. The Morgan fingerprint density at radius 3 is 2.54 bits per heavy atom. The number of nitrogens with one attached hydrogen (secondary N) is 2. The molecule has 3 aromatic rings. The van der Waals surface area contributed by atoms with Gasteiger partial charge in [-0.1, -0.05) is 59.8 Å². The van der Waals surface area contributed by atoms with Gasteiger partial charge in [-0.15, -0.1) is 0 Å². The molecule has 122 valence electrons. The van der Waals surface area contributed by atoms with Crippen LogP contribution in [0.4, 0.5) is 5.69 Å². The van der Waals surface area contributed by atoms with Crippen molar-refractivity contribution in [2.24, 2.45) is 0 Å². The number of carbonyl (C=O) groups excluding carboxylic acids is 1. The zero-order valence-electron chi connectivity index (χ0n) is 13.6. The minimum atomic E-state index is -0.249. The number of H-pyrrole nitrogens is 1. The summed E-state index contributed by atoms with van der Waals surface area (Å²) in [4.78, 5) is 19.9. The molecule has 1 aromatic heterocycles. The third-order valence-electron chi connectivity index (χ3n) is 3.61. The molecule has 0 unspecified atom stereocenters. The van der Waals surface area contributed by atoms with E-state index in [4.69, 9.17) is 0 Å². The molecule has 0 spiro atoms. The first-order valence-corrected chi connectivity index (χ1v) is 8.64. The van der Waals surface area contributed by atoms with Crippen molar-refractivity contribution >= 4 is 23.4 Å². The molecule has 0 bridgehead atoms. The maximum absolute atomic E-state index is 12.3. The lowest BCUT2D eigenvalue weighted by Gasteiger charge is -2.10. The summed E-state index contributed by atoms with van der Waals surface area (Å²) < 4.78 is 0. The number of anilines is 1. The number of benzene rings is 2. The van der Waals surface area contributed by atoms with Gasteiger partial charge in [0.25, 0.3) is 0 Å². The lowest BCUT2D eigenvalue weighted by molar-refractivity contribution is -0.115. The molecule has 2 aromatic carbocycles. The summed E-state index contributed by atoms with van der Waals surface area (Å²) in [6.45, 7) is 3.89. The first-order valence-electron chi connectivity index (χ1n) is 7.76. The molecule has 0 radical (unpaired) electrons. The number of hydrogen-bond acceptors (Lipinski definition) is 3. The quantitative estimate of drug-likeness (QED) is 0.674. The Hall–Kier alpha value is -2.53. The van der Waals surface area contributed by atoms with Gasteiger partial charge in [0.2, 0.25) is 5.91 Å². The Morgan fingerprint density at radius 1 is 1.12 bits per heavy atom. The van der Waals surface area contributed by atoms with Gasteiger partial charge >= 0.3 is 0 Å². The molecule has 0 aliphatic carbocycles. The molecule has 5 heteroatoms. The van der Waals surface area contributed by atoms with E-state index >= 15 is 0 Å². The molecule has 3 rings (SSSR count). The first-order chi connectivity index (χ1) is 11.6. The van der Waals surface area contributed by atoms with Crippen molar-refractivity contribution in [1.82, 2.24) is 9.97 Å². The van der Waals surface area contributed by atoms with E-state index in [1.165, 1.54) is 17.3 Å². The van der Waals surface area contributed by atoms with Crippen LogP contribution in [0.15, 0.2) is 66.0 Å². The van der Waals surface area contributed by atoms with Crippen molar-refractivity contribution in [3.63, 3.8) is 0 Å². The van der Waals surface area contributed by atoms with E-state index in [9.17, 15) is 4.79 Å². The van der Waals surface area contributed by atoms with Crippen molar-refractivity contribution < 1.29 is 4.79 Å². The predicted molar refractivity (Wildman–Crippen MR) is 99.2 cm³/mol. The van der Waals surface area contributed by atoms with Crippen molar-refractivity contribution in [2.75, 3.05) is 5.32 Å². The fourth-order valence-electron chi connectivity index (χ4n) is 2.23. The summed E-state index contributed by atoms with van der Waals surface area (Å²) >= 11 is 1.41. The first kappa shape index (κ1) is 16.3. The maximum Gasteiger partial charge on any atom is 0.237 e. The number of amides is 1. The minimum absolute atomic E-state index is 0.0403. The fourth-order valence-corrected chi connectivity index (χ4v) is 3.01. The smallest absolute Gasteiger partial charge is 0.237 e. The van der Waals surface area contributed by atoms with Crippen LogP contribution in [0.5, 0.6) is 0 Å². The van der Waals surface area contributed by atoms with E-state index in [2.05, 4.69) is 15.3 Å². The molecule has 0 aliphatic rings. The molecular formula is C19H19N3OS. The van der Waals surface area contributed by atoms with Gasteiger partial charge in [-0.3, -0.25) is 4.79 Å². The van der Waals surface area contributed by atoms with Gasteiger partial charge in [-0.05, 0) is 31.5 Å². The SMILES string of the molecule is Cc1ccc(NC(=O)[C@H](C)Sc2ncc(-c3ccccc3)[nH]2)cc1. The molecule has 1 amide bonds. The summed E-state index contributed by atoms with van der Waals surface area (Å²) in [5, 5.41) is 3.41. The van der Waals surface area contributed by atoms with Crippen LogP contribution < -0.4 is 5.32 Å². The van der Waals surface area contributed by atoms with Crippen LogP contribution in [0, 0.1) is 6.92 Å². The Bertz CT molecular complexity index is 812. The number of thioether (sulfide) groups is 1. The van der Waals surface area contributed by atoms with E-state index in [1.54, 1.807) is 6.20 Å². The van der Waals surface area contributed by atoms with Crippen molar-refractivity contribution in [3.8, 4) is 11.3 Å². The van der Waals surface area contributed by atoms with Crippen LogP contribution in [-0.4, -0.2) is 21.1 Å². The lowest BCUT2D eigenvalue weighted by Crippen LogP contribution is -2.22. The summed E-state index contributed by atoms with van der Waals surface area (Å²) in [5.41, 5.74) is 4.00. The van der Waals surface area contributed by atoms with Crippen molar-refractivity contribution in [2.45, 2.75) is 24.3 Å². The third-order valence-corrected chi connectivity index (χ3v) is 4.61. The van der Waals surface area contributed by atoms with E-state index in [0.29, 0.717) is 0 Å². The number of hydrogen-bond donors (Lipinski definition) is 2. The van der Waals surface area contributed by atoms with Crippen LogP contribution in [0.2, 0.25) is 0 Å². The van der Waals surface area contributed by atoms with Crippen molar-refractivity contribution in [3.05, 3.63) is 66.4 Å². The van der Waals surface area contributed by atoms with Crippen LogP contribution in [-0.2, 0) is 4.79 Å². The number of nitrogens with zero attached hydrogens (tertiary/aromatic N) is 1. The van der Waals surface area contributed by atoms with Crippen LogP contribution >= 0.6 is 11.8 Å². The van der Waals surface area contributed by atoms with Crippen LogP contribution in [0.3, 0.4) is 0 Å². The second-order valence-corrected chi connectivity index (χ2v) is 6.91. The topological polar surface area (TPSA) is 57.8 Å². The standard InChI is InChI=1S/C19H19N3OS/c1-13-8-10-16(11-9-13)21-18(23)14(2)24-19-20-12-17(22-19)15-6-4-3-5-7-15/h3-12,14H,1-2H3,(H,20,22)(H,21,23)/t14-/m0/s1. The maximum atomic E-state index is 12.3. The zero-order chi connectivity index (χ0) is 16.9. The van der Waals surface area contributed by atoms with Gasteiger partial charge in [0.15, 0.2) is 5.16 Å². The number of aromatic amines is 1. The molecule has 4 nitrogen and oxygen atoms in total. The highest BCUT2D eigenvalue weighted by Crippen LogP contribution is 2.25. The lowest BCUT2D eigenvalue weighted by atomic mass is 10.2. The highest BCUT2D eigenvalue weighted by atomic mass is 32.2. The zero-order valence-corrected chi connectivity index (χ0v) is 14.4. The molecule has 0 saturated carbocycles. The Labute approximate surface area is 145 Å². The molecule has 24 heavy (non-hydrogen) atoms. The van der Waals surface area contributed by atoms with Gasteiger partial charge in [0.1, 0.15) is 0 Å². The van der Waals surface area contributed by atoms with E-state index < -0.39 is 0 Å². The fraction of sp³-hybridized carbons (Fsp3) is 0.158. The minimum Gasteiger partial charge on any atom is -0.333 e. The Morgan fingerprint density at radius 2 is 1.83 bits per heavy atom. The summed E-state index contributed by atoms with van der Waals surface area (Å²) in [5.74, 6) is -0.0403. The molecule has 0 saturated heterocycles. The van der Waals surface area contributed by atoms with Crippen LogP contribution in [0.25, 0.3) is 11.3 Å². The molecule has 2 N–H and O–H groups in total. The monoisotopic (exact) mass is 337 g/mol. The molecule has 1 heterocycles. The number of carbonyl (C=O) groups is 1.